The standard InChI is InChI=1S/C20H26ClFN6O/c1-13(2)20(3,29)11-23-8-9-27(4)18-14(21)10-15(22)19(26-18)28-12-25-17-16(28)6-5-7-24-17/h5-7,10,12-13,23,29H,8-9,11H2,1-4H3/t20-/m0/s1. The predicted molar refractivity (Wildman–Crippen MR) is 113 cm³/mol. The van der Waals surface area contributed by atoms with Crippen molar-refractivity contribution in [2.45, 2.75) is 26.4 Å². The molecular weight excluding hydrogens is 395 g/mol. The molecule has 0 aliphatic heterocycles. The van der Waals surface area contributed by atoms with Crippen LogP contribution in [0.5, 0.6) is 0 Å². The molecule has 3 aromatic heterocycles. The molecule has 0 aromatic carbocycles. The molecule has 0 spiro atoms. The summed E-state index contributed by atoms with van der Waals surface area (Å²) < 4.78 is 16.2. The van der Waals surface area contributed by atoms with Crippen LogP contribution in [0.15, 0.2) is 30.7 Å². The van der Waals surface area contributed by atoms with Gasteiger partial charge in [-0.3, -0.25) is 4.57 Å². The van der Waals surface area contributed by atoms with Crippen molar-refractivity contribution in [3.63, 3.8) is 0 Å². The van der Waals surface area contributed by atoms with Crippen LogP contribution in [0, 0.1) is 11.7 Å². The largest absolute Gasteiger partial charge is 0.389 e. The third kappa shape index (κ3) is 4.66. The molecule has 2 N–H and O–H groups in total. The van der Waals surface area contributed by atoms with Crippen molar-refractivity contribution in [1.29, 1.82) is 0 Å². The van der Waals surface area contributed by atoms with Crippen molar-refractivity contribution < 1.29 is 9.50 Å². The van der Waals surface area contributed by atoms with Gasteiger partial charge in [0, 0.05) is 38.9 Å². The van der Waals surface area contributed by atoms with Crippen LogP contribution in [0.1, 0.15) is 20.8 Å². The minimum Gasteiger partial charge on any atom is -0.389 e. The van der Waals surface area contributed by atoms with Crippen LogP contribution >= 0.6 is 11.6 Å². The number of hydrogen-bond acceptors (Lipinski definition) is 6. The zero-order valence-electron chi connectivity index (χ0n) is 17.0. The average Bonchev–Trinajstić information content (AvgIpc) is 3.09. The molecule has 3 rings (SSSR count). The van der Waals surface area contributed by atoms with Crippen LogP contribution in [0.2, 0.25) is 5.02 Å². The van der Waals surface area contributed by atoms with Crippen LogP contribution in [0.3, 0.4) is 0 Å². The SMILES string of the molecule is CC(C)[C@@](C)(O)CNCCN(C)c1nc(-n2cnc3ncccc32)c(F)cc1Cl. The number of nitrogens with zero attached hydrogens (tertiary/aromatic N) is 5. The highest BCUT2D eigenvalue weighted by Crippen LogP contribution is 2.27. The summed E-state index contributed by atoms with van der Waals surface area (Å²) in [6.45, 7) is 7.44. The molecule has 0 fully saturated rings. The van der Waals surface area contributed by atoms with Gasteiger partial charge in [-0.05, 0) is 25.0 Å². The Balaban J connectivity index is 1.77. The van der Waals surface area contributed by atoms with E-state index in [2.05, 4.69) is 20.3 Å². The van der Waals surface area contributed by atoms with E-state index in [0.717, 1.165) is 0 Å². The fourth-order valence-corrected chi connectivity index (χ4v) is 3.08. The lowest BCUT2D eigenvalue weighted by atomic mass is 9.93. The molecule has 0 radical (unpaired) electrons. The van der Waals surface area contributed by atoms with E-state index in [1.54, 1.807) is 22.9 Å². The monoisotopic (exact) mass is 420 g/mol. The third-order valence-corrected chi connectivity index (χ3v) is 5.43. The highest BCUT2D eigenvalue weighted by molar-refractivity contribution is 6.33. The second-order valence-corrected chi connectivity index (χ2v) is 8.08. The summed E-state index contributed by atoms with van der Waals surface area (Å²) in [4.78, 5) is 14.7. The molecule has 0 saturated carbocycles. The minimum absolute atomic E-state index is 0.113. The molecule has 9 heteroatoms. The van der Waals surface area contributed by atoms with Gasteiger partial charge in [-0.25, -0.2) is 19.3 Å². The van der Waals surface area contributed by atoms with Crippen molar-refractivity contribution >= 4 is 28.6 Å². The topological polar surface area (TPSA) is 79.1 Å². The van der Waals surface area contributed by atoms with Gasteiger partial charge in [0.05, 0.1) is 16.1 Å². The molecule has 156 valence electrons. The second-order valence-electron chi connectivity index (χ2n) is 7.67. The van der Waals surface area contributed by atoms with Gasteiger partial charge in [-0.15, -0.1) is 0 Å². The highest BCUT2D eigenvalue weighted by atomic mass is 35.5. The quantitative estimate of drug-likeness (QED) is 0.545. The smallest absolute Gasteiger partial charge is 0.177 e. The number of fused-ring (bicyclic) bond motifs is 1. The van der Waals surface area contributed by atoms with Crippen molar-refractivity contribution in [3.8, 4) is 5.82 Å². The van der Waals surface area contributed by atoms with Gasteiger partial charge in [-0.2, -0.15) is 0 Å². The van der Waals surface area contributed by atoms with Gasteiger partial charge in [0.1, 0.15) is 12.1 Å². The van der Waals surface area contributed by atoms with Gasteiger partial charge in [0.25, 0.3) is 0 Å². The van der Waals surface area contributed by atoms with E-state index in [-0.39, 0.29) is 16.8 Å². The first-order valence-electron chi connectivity index (χ1n) is 9.49. The average molecular weight is 421 g/mol. The molecule has 3 aromatic rings. The molecule has 0 unspecified atom stereocenters. The van der Waals surface area contributed by atoms with Crippen molar-refractivity contribution in [1.82, 2.24) is 24.8 Å². The van der Waals surface area contributed by atoms with Crippen LogP contribution in [0.25, 0.3) is 17.0 Å². The van der Waals surface area contributed by atoms with E-state index in [4.69, 9.17) is 11.6 Å². The van der Waals surface area contributed by atoms with E-state index >= 15 is 0 Å². The van der Waals surface area contributed by atoms with Gasteiger partial charge in [0.15, 0.2) is 17.3 Å². The fourth-order valence-electron chi connectivity index (χ4n) is 2.80. The molecule has 1 atom stereocenters. The van der Waals surface area contributed by atoms with E-state index in [1.165, 1.54) is 12.4 Å². The number of nitrogens with one attached hydrogen (secondary N) is 1. The Labute approximate surface area is 174 Å². The minimum atomic E-state index is -0.784. The maximum atomic E-state index is 14.6. The summed E-state index contributed by atoms with van der Waals surface area (Å²) in [6, 6.07) is 4.83. The molecule has 0 bridgehead atoms. The van der Waals surface area contributed by atoms with Gasteiger partial charge < -0.3 is 15.3 Å². The number of halogens is 2. The van der Waals surface area contributed by atoms with E-state index in [9.17, 15) is 9.50 Å². The summed E-state index contributed by atoms with van der Waals surface area (Å²) in [5, 5.41) is 13.8. The molecule has 7 nitrogen and oxygen atoms in total. The molecule has 0 saturated heterocycles. The van der Waals surface area contributed by atoms with Gasteiger partial charge in [0.2, 0.25) is 0 Å². The lowest BCUT2D eigenvalue weighted by Crippen LogP contribution is -2.44. The third-order valence-electron chi connectivity index (χ3n) is 5.15. The zero-order valence-corrected chi connectivity index (χ0v) is 17.8. The number of rotatable bonds is 8. The maximum absolute atomic E-state index is 14.6. The zero-order chi connectivity index (χ0) is 21.2. The normalized spacial score (nSPS) is 13.8. The lowest BCUT2D eigenvalue weighted by Gasteiger charge is -2.28. The Hall–Kier alpha value is -2.29. The Bertz CT molecular complexity index is 990. The predicted octanol–water partition coefficient (Wildman–Crippen LogP) is 3.04. The van der Waals surface area contributed by atoms with Gasteiger partial charge in [-0.1, -0.05) is 25.4 Å². The molecule has 0 amide bonds. The summed E-state index contributed by atoms with van der Waals surface area (Å²) in [5.41, 5.74) is 0.390. The first kappa shape index (κ1) is 21.4. The second kappa shape index (κ2) is 8.61. The fraction of sp³-hybridized carbons (Fsp3) is 0.450. The summed E-state index contributed by atoms with van der Waals surface area (Å²) in [6.07, 6.45) is 3.13. The number of hydrogen-bond donors (Lipinski definition) is 2. The van der Waals surface area contributed by atoms with E-state index < -0.39 is 11.4 Å². The highest BCUT2D eigenvalue weighted by Gasteiger charge is 2.24. The first-order valence-corrected chi connectivity index (χ1v) is 9.87. The molecule has 0 aliphatic carbocycles. The van der Waals surface area contributed by atoms with Crippen molar-refractivity contribution in [2.75, 3.05) is 31.6 Å². The number of aromatic nitrogens is 4. The van der Waals surface area contributed by atoms with E-state index in [0.29, 0.717) is 36.6 Å². The lowest BCUT2D eigenvalue weighted by molar-refractivity contribution is 0.0146. The van der Waals surface area contributed by atoms with Crippen LogP contribution < -0.4 is 10.2 Å². The number of imidazole rings is 1. The van der Waals surface area contributed by atoms with Crippen LogP contribution in [-0.4, -0.2) is 56.9 Å². The summed E-state index contributed by atoms with van der Waals surface area (Å²) in [5.74, 6) is 0.179. The number of aliphatic hydroxyl groups is 1. The number of anilines is 1. The van der Waals surface area contributed by atoms with Crippen LogP contribution in [-0.2, 0) is 0 Å². The number of likely N-dealkylation sites (N-methyl/N-ethyl adjacent to an activating group) is 1. The van der Waals surface area contributed by atoms with Crippen molar-refractivity contribution in [2.24, 2.45) is 5.92 Å². The van der Waals surface area contributed by atoms with Gasteiger partial charge >= 0.3 is 0 Å². The molecular formula is C20H26ClFN6O. The Morgan fingerprint density at radius 3 is 2.86 bits per heavy atom. The Morgan fingerprint density at radius 1 is 1.38 bits per heavy atom. The van der Waals surface area contributed by atoms with E-state index in [1.807, 2.05) is 32.7 Å². The molecule has 0 aliphatic rings. The first-order chi connectivity index (χ1) is 13.7. The summed E-state index contributed by atoms with van der Waals surface area (Å²) in [7, 11) is 1.84. The Kier molecular flexibility index (Phi) is 6.36. The molecule has 29 heavy (non-hydrogen) atoms. The Morgan fingerprint density at radius 2 is 2.14 bits per heavy atom. The van der Waals surface area contributed by atoms with Crippen LogP contribution in [0.4, 0.5) is 10.2 Å². The molecule has 3 heterocycles. The number of pyridine rings is 2. The summed E-state index contributed by atoms with van der Waals surface area (Å²) >= 11 is 6.26. The van der Waals surface area contributed by atoms with Crippen molar-refractivity contribution in [3.05, 3.63) is 41.6 Å². The maximum Gasteiger partial charge on any atom is 0.177 e.